The van der Waals surface area contributed by atoms with Gasteiger partial charge in [-0.25, -0.2) is 9.97 Å². The van der Waals surface area contributed by atoms with Gasteiger partial charge in [-0.05, 0) is 54.6 Å². The minimum atomic E-state index is -0.350. The van der Waals surface area contributed by atoms with Crippen molar-refractivity contribution in [3.05, 3.63) is 66.5 Å². The van der Waals surface area contributed by atoms with Gasteiger partial charge in [-0.3, -0.25) is 9.59 Å². The van der Waals surface area contributed by atoms with E-state index in [1.54, 1.807) is 55.6 Å². The van der Waals surface area contributed by atoms with E-state index in [0.29, 0.717) is 17.1 Å². The summed E-state index contributed by atoms with van der Waals surface area (Å²) < 4.78 is 5.10. The van der Waals surface area contributed by atoms with Crippen molar-refractivity contribution in [3.63, 3.8) is 0 Å². The first-order chi connectivity index (χ1) is 13.5. The van der Waals surface area contributed by atoms with Crippen LogP contribution in [0.1, 0.15) is 17.4 Å². The van der Waals surface area contributed by atoms with Crippen molar-refractivity contribution in [3.8, 4) is 5.75 Å². The van der Waals surface area contributed by atoms with Gasteiger partial charge in [0.1, 0.15) is 11.4 Å². The van der Waals surface area contributed by atoms with Gasteiger partial charge in [-0.2, -0.15) is 0 Å². The molecule has 0 unspecified atom stereocenters. The minimum absolute atomic E-state index is 0.139. The molecule has 3 aromatic rings. The number of carbonyl (C=O) groups excluding carboxylic acids is 2. The lowest BCUT2D eigenvalue weighted by Crippen LogP contribution is -2.14. The van der Waals surface area contributed by atoms with Gasteiger partial charge in [0, 0.05) is 30.2 Å². The van der Waals surface area contributed by atoms with Crippen LogP contribution in [0.15, 0.2) is 60.8 Å². The van der Waals surface area contributed by atoms with Crippen LogP contribution in [0.4, 0.5) is 23.0 Å². The third-order valence-electron chi connectivity index (χ3n) is 3.70. The molecule has 2 aromatic carbocycles. The Kier molecular flexibility index (Phi) is 5.81. The third kappa shape index (κ3) is 5.04. The van der Waals surface area contributed by atoms with Gasteiger partial charge in [0.25, 0.3) is 5.91 Å². The molecule has 0 radical (unpaired) electrons. The SMILES string of the molecule is COc1ccc(NC(=O)c2ccnc(Nc3ccc(NC(C)=O)cc3)n2)cc1. The van der Waals surface area contributed by atoms with E-state index in [-0.39, 0.29) is 23.5 Å². The number of carbonyl (C=O) groups is 2. The lowest BCUT2D eigenvalue weighted by atomic mass is 10.2. The lowest BCUT2D eigenvalue weighted by Gasteiger charge is -2.09. The van der Waals surface area contributed by atoms with Gasteiger partial charge in [-0.1, -0.05) is 0 Å². The van der Waals surface area contributed by atoms with Gasteiger partial charge in [0.2, 0.25) is 11.9 Å². The molecule has 1 aromatic heterocycles. The summed E-state index contributed by atoms with van der Waals surface area (Å²) in [6.07, 6.45) is 1.50. The number of benzene rings is 2. The van der Waals surface area contributed by atoms with E-state index in [1.165, 1.54) is 19.2 Å². The summed E-state index contributed by atoms with van der Waals surface area (Å²) >= 11 is 0. The van der Waals surface area contributed by atoms with Crippen molar-refractivity contribution < 1.29 is 14.3 Å². The van der Waals surface area contributed by atoms with Crippen LogP contribution in [0, 0.1) is 0 Å². The fraction of sp³-hybridized carbons (Fsp3) is 0.100. The quantitative estimate of drug-likeness (QED) is 0.608. The summed E-state index contributed by atoms with van der Waals surface area (Å²) in [5.74, 6) is 0.502. The van der Waals surface area contributed by atoms with Crippen LogP contribution in [-0.2, 0) is 4.79 Å². The Morgan fingerprint density at radius 3 is 2.11 bits per heavy atom. The smallest absolute Gasteiger partial charge is 0.274 e. The lowest BCUT2D eigenvalue weighted by molar-refractivity contribution is -0.114. The highest BCUT2D eigenvalue weighted by molar-refractivity contribution is 6.03. The van der Waals surface area contributed by atoms with E-state index in [0.717, 1.165) is 5.69 Å². The summed E-state index contributed by atoms with van der Waals surface area (Å²) in [6, 6.07) is 15.6. The third-order valence-corrected chi connectivity index (χ3v) is 3.70. The molecule has 2 amide bonds. The number of anilines is 4. The van der Waals surface area contributed by atoms with E-state index in [4.69, 9.17) is 4.74 Å². The molecule has 8 heteroatoms. The second-order valence-corrected chi connectivity index (χ2v) is 5.83. The maximum atomic E-state index is 12.4. The number of hydrogen-bond donors (Lipinski definition) is 3. The molecule has 3 rings (SSSR count). The number of nitrogens with zero attached hydrogens (tertiary/aromatic N) is 2. The summed E-state index contributed by atoms with van der Waals surface area (Å²) in [5.41, 5.74) is 2.27. The van der Waals surface area contributed by atoms with Crippen LogP contribution in [0.25, 0.3) is 0 Å². The summed E-state index contributed by atoms with van der Waals surface area (Å²) in [7, 11) is 1.58. The van der Waals surface area contributed by atoms with Crippen LogP contribution < -0.4 is 20.7 Å². The number of rotatable bonds is 6. The fourth-order valence-corrected chi connectivity index (χ4v) is 2.38. The molecule has 0 spiro atoms. The Balaban J connectivity index is 1.67. The van der Waals surface area contributed by atoms with Gasteiger partial charge >= 0.3 is 0 Å². The number of methoxy groups -OCH3 is 1. The Morgan fingerprint density at radius 2 is 1.46 bits per heavy atom. The minimum Gasteiger partial charge on any atom is -0.497 e. The zero-order valence-corrected chi connectivity index (χ0v) is 15.4. The zero-order chi connectivity index (χ0) is 19.9. The van der Waals surface area contributed by atoms with E-state index in [9.17, 15) is 9.59 Å². The number of aromatic nitrogens is 2. The molecular formula is C20H19N5O3. The van der Waals surface area contributed by atoms with Crippen molar-refractivity contribution in [1.29, 1.82) is 0 Å². The molecule has 0 aliphatic carbocycles. The van der Waals surface area contributed by atoms with Crippen LogP contribution in [-0.4, -0.2) is 28.9 Å². The van der Waals surface area contributed by atoms with Crippen molar-refractivity contribution in [1.82, 2.24) is 9.97 Å². The highest BCUT2D eigenvalue weighted by Gasteiger charge is 2.10. The molecule has 3 N–H and O–H groups in total. The number of ether oxygens (including phenoxy) is 1. The Morgan fingerprint density at radius 1 is 0.857 bits per heavy atom. The summed E-state index contributed by atoms with van der Waals surface area (Å²) in [6.45, 7) is 1.45. The highest BCUT2D eigenvalue weighted by Crippen LogP contribution is 2.18. The second-order valence-electron chi connectivity index (χ2n) is 5.83. The molecule has 0 atom stereocenters. The zero-order valence-electron chi connectivity index (χ0n) is 15.4. The molecule has 1 heterocycles. The largest absolute Gasteiger partial charge is 0.497 e. The van der Waals surface area contributed by atoms with Crippen molar-refractivity contribution in [2.75, 3.05) is 23.1 Å². The molecule has 0 aliphatic heterocycles. The molecule has 0 fully saturated rings. The molecule has 0 saturated heterocycles. The molecule has 0 bridgehead atoms. The predicted octanol–water partition coefficient (Wildman–Crippen LogP) is 3.44. The van der Waals surface area contributed by atoms with Gasteiger partial charge in [-0.15, -0.1) is 0 Å². The van der Waals surface area contributed by atoms with Crippen molar-refractivity contribution in [2.45, 2.75) is 6.92 Å². The standard InChI is InChI=1S/C20H19N5O3/c1-13(26)22-14-3-5-16(6-4-14)24-20-21-12-11-18(25-20)19(27)23-15-7-9-17(28-2)10-8-15/h3-12H,1-2H3,(H,22,26)(H,23,27)(H,21,24,25). The molecule has 0 aliphatic rings. The van der Waals surface area contributed by atoms with Crippen molar-refractivity contribution >= 4 is 34.8 Å². The van der Waals surface area contributed by atoms with Crippen molar-refractivity contribution in [2.24, 2.45) is 0 Å². The first-order valence-corrected chi connectivity index (χ1v) is 8.46. The van der Waals surface area contributed by atoms with Gasteiger partial charge in [0.05, 0.1) is 7.11 Å². The normalized spacial score (nSPS) is 10.1. The Hall–Kier alpha value is -3.94. The van der Waals surface area contributed by atoms with Gasteiger partial charge < -0.3 is 20.7 Å². The Labute approximate surface area is 162 Å². The van der Waals surface area contributed by atoms with Crippen LogP contribution >= 0.6 is 0 Å². The van der Waals surface area contributed by atoms with E-state index >= 15 is 0 Å². The number of amides is 2. The second kappa shape index (κ2) is 8.63. The maximum Gasteiger partial charge on any atom is 0.274 e. The molecule has 28 heavy (non-hydrogen) atoms. The van der Waals surface area contributed by atoms with Crippen LogP contribution in [0.3, 0.4) is 0 Å². The van der Waals surface area contributed by atoms with E-state index < -0.39 is 0 Å². The summed E-state index contributed by atoms with van der Waals surface area (Å²) in [4.78, 5) is 31.9. The molecule has 0 saturated carbocycles. The predicted molar refractivity (Wildman–Crippen MR) is 107 cm³/mol. The Bertz CT molecular complexity index is 972. The first kappa shape index (κ1) is 18.8. The van der Waals surface area contributed by atoms with Gasteiger partial charge in [0.15, 0.2) is 0 Å². The van der Waals surface area contributed by atoms with E-state index in [2.05, 4.69) is 25.9 Å². The molecule has 142 valence electrons. The number of hydrogen-bond acceptors (Lipinski definition) is 6. The van der Waals surface area contributed by atoms with Crippen LogP contribution in [0.2, 0.25) is 0 Å². The fourth-order valence-electron chi connectivity index (χ4n) is 2.38. The topological polar surface area (TPSA) is 105 Å². The summed E-state index contributed by atoms with van der Waals surface area (Å²) in [5, 5.41) is 8.49. The molecular weight excluding hydrogens is 358 g/mol. The average molecular weight is 377 g/mol. The highest BCUT2D eigenvalue weighted by atomic mass is 16.5. The monoisotopic (exact) mass is 377 g/mol. The average Bonchev–Trinajstić information content (AvgIpc) is 2.70. The number of nitrogens with one attached hydrogen (secondary N) is 3. The first-order valence-electron chi connectivity index (χ1n) is 8.46. The maximum absolute atomic E-state index is 12.4. The molecule has 8 nitrogen and oxygen atoms in total. The van der Waals surface area contributed by atoms with E-state index in [1.807, 2.05) is 0 Å². The van der Waals surface area contributed by atoms with Crippen LogP contribution in [0.5, 0.6) is 5.75 Å².